The van der Waals surface area contributed by atoms with Gasteiger partial charge in [-0.25, -0.2) is 0 Å². The van der Waals surface area contributed by atoms with Gasteiger partial charge >= 0.3 is 108 Å². The monoisotopic (exact) mass is 340 g/mol. The van der Waals surface area contributed by atoms with Crippen molar-refractivity contribution in [1.29, 1.82) is 0 Å². The van der Waals surface area contributed by atoms with Crippen molar-refractivity contribution in [3.05, 3.63) is 35.9 Å². The molecule has 0 radical (unpaired) electrons. The van der Waals surface area contributed by atoms with E-state index in [-0.39, 0.29) is 5.97 Å². The van der Waals surface area contributed by atoms with Crippen LogP contribution in [0.2, 0.25) is 14.8 Å². The molecule has 0 heterocycles. The maximum atomic E-state index is 11.1. The molecule has 0 saturated carbocycles. The van der Waals surface area contributed by atoms with E-state index in [1.54, 1.807) is 13.0 Å². The van der Waals surface area contributed by atoms with Gasteiger partial charge in [0.15, 0.2) is 0 Å². The van der Waals surface area contributed by atoms with Crippen LogP contribution in [0.1, 0.15) is 12.5 Å². The fourth-order valence-corrected chi connectivity index (χ4v) is 4.78. The molecule has 0 atom stereocenters. The number of carbonyl (C=O) groups is 1. The summed E-state index contributed by atoms with van der Waals surface area (Å²) in [5, 5.41) is 0. The van der Waals surface area contributed by atoms with Crippen LogP contribution in [0.5, 0.6) is 0 Å². The summed E-state index contributed by atoms with van der Waals surface area (Å²) in [6.45, 7) is 2.22. The van der Waals surface area contributed by atoms with Gasteiger partial charge < -0.3 is 0 Å². The summed E-state index contributed by atoms with van der Waals surface area (Å²) >= 11 is -1.94. The molecule has 1 aromatic rings. The summed E-state index contributed by atoms with van der Waals surface area (Å²) in [6, 6.07) is 8.49. The molecule has 92 valence electrons. The second-order valence-electron chi connectivity index (χ2n) is 4.96. The number of rotatable bonds is 4. The van der Waals surface area contributed by atoms with Gasteiger partial charge in [0.2, 0.25) is 0 Å². The molecule has 2 nitrogen and oxygen atoms in total. The zero-order valence-corrected chi connectivity index (χ0v) is 13.8. The van der Waals surface area contributed by atoms with Gasteiger partial charge in [-0.05, 0) is 0 Å². The van der Waals surface area contributed by atoms with Crippen LogP contribution in [-0.4, -0.2) is 31.0 Å². The van der Waals surface area contributed by atoms with Crippen LogP contribution >= 0.6 is 0 Å². The molecule has 0 amide bonds. The molecule has 0 aliphatic rings. The Morgan fingerprint density at radius 2 is 1.82 bits per heavy atom. The van der Waals surface area contributed by atoms with Gasteiger partial charge in [-0.2, -0.15) is 0 Å². The van der Waals surface area contributed by atoms with E-state index < -0.39 is 18.4 Å². The summed E-state index contributed by atoms with van der Waals surface area (Å²) in [5.41, 5.74) is 1.04. The first-order valence-electron chi connectivity index (χ1n) is 5.89. The molecule has 0 bridgehead atoms. The van der Waals surface area contributed by atoms with E-state index in [0.29, 0.717) is 6.61 Å². The van der Waals surface area contributed by atoms with E-state index in [0.717, 1.165) is 5.56 Å². The van der Waals surface area contributed by atoms with Crippen LogP contribution in [0.15, 0.2) is 30.3 Å². The van der Waals surface area contributed by atoms with Crippen molar-refractivity contribution in [3.63, 3.8) is 0 Å². The van der Waals surface area contributed by atoms with Crippen molar-refractivity contribution in [3.8, 4) is 0 Å². The summed E-state index contributed by atoms with van der Waals surface area (Å²) in [5.74, 6) is -0.286. The van der Waals surface area contributed by atoms with E-state index in [4.69, 9.17) is 4.74 Å². The Hall–Kier alpha value is -0.771. The third kappa shape index (κ3) is 4.94. The van der Waals surface area contributed by atoms with Gasteiger partial charge in [0.1, 0.15) is 0 Å². The van der Waals surface area contributed by atoms with E-state index in [9.17, 15) is 4.79 Å². The standard InChI is InChI=1S/C11H11O2.3CH3.Sn/c1-2-13-11(12)9-8-10-6-4-3-5-7-10;;;;/h4-9H,2H2,1H3;3*1H3;/b9-8+;;;;. The minimum absolute atomic E-state index is 0.286. The van der Waals surface area contributed by atoms with E-state index in [2.05, 4.69) is 39.1 Å². The van der Waals surface area contributed by atoms with Crippen LogP contribution in [0.4, 0.5) is 0 Å². The number of hydrogen-bond donors (Lipinski definition) is 0. The summed E-state index contributed by atoms with van der Waals surface area (Å²) in [6.07, 6.45) is 3.26. The Labute approximate surface area is 108 Å². The third-order valence-corrected chi connectivity index (χ3v) is 8.37. The van der Waals surface area contributed by atoms with E-state index >= 15 is 0 Å². The molecule has 1 aromatic carbocycles. The van der Waals surface area contributed by atoms with Crippen LogP contribution in [0, 0.1) is 0 Å². The summed E-state index contributed by atoms with van der Waals surface area (Å²) < 4.78 is 6.32. The summed E-state index contributed by atoms with van der Waals surface area (Å²) in [7, 11) is 0. The van der Waals surface area contributed by atoms with Crippen molar-refractivity contribution in [1.82, 2.24) is 0 Å². The molecule has 17 heavy (non-hydrogen) atoms. The van der Waals surface area contributed by atoms with Gasteiger partial charge in [-0.1, -0.05) is 0 Å². The Bertz CT molecular complexity index is 399. The first kappa shape index (κ1) is 14.3. The fourth-order valence-electron chi connectivity index (χ4n) is 1.45. The molecular formula is C14H20O2Sn. The molecule has 0 spiro atoms. The molecule has 0 unspecified atom stereocenters. The third-order valence-electron chi connectivity index (χ3n) is 2.48. The van der Waals surface area contributed by atoms with E-state index in [1.165, 1.54) is 9.66 Å². The van der Waals surface area contributed by atoms with Gasteiger partial charge in [0.05, 0.1) is 0 Å². The average Bonchev–Trinajstić information content (AvgIpc) is 2.26. The second-order valence-corrected chi connectivity index (χ2v) is 19.4. The number of benzene rings is 1. The predicted octanol–water partition coefficient (Wildman–Crippen LogP) is 2.81. The quantitative estimate of drug-likeness (QED) is 0.479. The number of hydrogen-bond acceptors (Lipinski definition) is 2. The van der Waals surface area contributed by atoms with Crippen LogP contribution < -0.4 is 3.58 Å². The first-order valence-corrected chi connectivity index (χ1v) is 15.9. The molecule has 0 fully saturated rings. The topological polar surface area (TPSA) is 26.3 Å². The Morgan fingerprint density at radius 3 is 2.29 bits per heavy atom. The SMILES string of the molecule is CCOC(=O)/C=C/c1cc[c]([Sn]([CH3])([CH3])[CH3])cc1. The van der Waals surface area contributed by atoms with E-state index in [1.807, 2.05) is 0 Å². The van der Waals surface area contributed by atoms with Crippen LogP contribution in [-0.2, 0) is 9.53 Å². The molecule has 0 aliphatic heterocycles. The number of ether oxygens (including phenoxy) is 1. The maximum absolute atomic E-state index is 11.1. The molecule has 0 aromatic heterocycles. The van der Waals surface area contributed by atoms with Crippen molar-refractivity contribution in [2.24, 2.45) is 0 Å². The summed E-state index contributed by atoms with van der Waals surface area (Å²) in [4.78, 5) is 18.3. The number of carbonyl (C=O) groups excluding carboxylic acids is 1. The fraction of sp³-hybridized carbons (Fsp3) is 0.357. The zero-order valence-electron chi connectivity index (χ0n) is 11.0. The molecule has 0 N–H and O–H groups in total. The van der Waals surface area contributed by atoms with Gasteiger partial charge in [0.25, 0.3) is 0 Å². The van der Waals surface area contributed by atoms with Crippen molar-refractivity contribution in [2.45, 2.75) is 21.7 Å². The van der Waals surface area contributed by atoms with Crippen molar-refractivity contribution < 1.29 is 9.53 Å². The number of esters is 1. The van der Waals surface area contributed by atoms with Gasteiger partial charge in [0, 0.05) is 0 Å². The molecule has 3 heteroatoms. The molecule has 0 saturated heterocycles. The second kappa shape index (κ2) is 6.24. The van der Waals surface area contributed by atoms with Crippen LogP contribution in [0.25, 0.3) is 6.08 Å². The van der Waals surface area contributed by atoms with Gasteiger partial charge in [-0.15, -0.1) is 0 Å². The normalized spacial score (nSPS) is 11.8. The Morgan fingerprint density at radius 1 is 1.24 bits per heavy atom. The molecule has 0 aliphatic carbocycles. The molecule has 1 rings (SSSR count). The van der Waals surface area contributed by atoms with Gasteiger partial charge in [-0.3, -0.25) is 0 Å². The molecular weight excluding hydrogens is 319 g/mol. The Kier molecular flexibility index (Phi) is 5.25. The predicted molar refractivity (Wildman–Crippen MR) is 75.1 cm³/mol. The van der Waals surface area contributed by atoms with Crippen LogP contribution in [0.3, 0.4) is 0 Å². The minimum atomic E-state index is -1.94. The van der Waals surface area contributed by atoms with Crippen molar-refractivity contribution >= 4 is 34.0 Å². The zero-order chi connectivity index (χ0) is 12.9. The first-order chi connectivity index (χ1) is 7.93. The Balaban J connectivity index is 2.72. The average molecular weight is 339 g/mol. The van der Waals surface area contributed by atoms with Crippen molar-refractivity contribution in [2.75, 3.05) is 6.61 Å².